The zero-order chi connectivity index (χ0) is 14.1. The Morgan fingerprint density at radius 1 is 1.00 bits per heavy atom. The van der Waals surface area contributed by atoms with Crippen LogP contribution in [0.5, 0.6) is 0 Å². The second kappa shape index (κ2) is 4.47. The van der Waals surface area contributed by atoms with Gasteiger partial charge in [-0.2, -0.15) is 0 Å². The normalized spacial score (nSPS) is 53.8. The molecule has 5 aliphatic carbocycles. The maximum atomic E-state index is 12.9. The van der Waals surface area contributed by atoms with Crippen molar-refractivity contribution < 1.29 is 4.79 Å². The highest BCUT2D eigenvalue weighted by Gasteiger charge is 2.56. The number of nitrogens with zero attached hydrogens (tertiary/aromatic N) is 1. The van der Waals surface area contributed by atoms with E-state index in [9.17, 15) is 4.79 Å². The second-order valence-corrected chi connectivity index (χ2v) is 8.66. The SMILES string of the molecule is CCN1C[C@@H]2C[C@@H]2[C@@H]1C(=O)NC1C2CC3CC(C2)CC1C3. The maximum Gasteiger partial charge on any atom is 0.237 e. The Kier molecular flexibility index (Phi) is 2.75. The number of nitrogens with one attached hydrogen (secondary N) is 1. The summed E-state index contributed by atoms with van der Waals surface area (Å²) in [4.78, 5) is 15.3. The highest BCUT2D eigenvalue weighted by molar-refractivity contribution is 5.83. The Morgan fingerprint density at radius 3 is 2.29 bits per heavy atom. The number of hydrogen-bond donors (Lipinski definition) is 1. The van der Waals surface area contributed by atoms with Gasteiger partial charge < -0.3 is 5.32 Å². The first-order chi connectivity index (χ1) is 10.2. The molecule has 4 bridgehead atoms. The molecule has 1 heterocycles. The van der Waals surface area contributed by atoms with Crippen molar-refractivity contribution >= 4 is 5.91 Å². The van der Waals surface area contributed by atoms with Crippen molar-refractivity contribution in [1.82, 2.24) is 10.2 Å². The molecule has 0 aromatic rings. The lowest BCUT2D eigenvalue weighted by atomic mass is 9.54. The molecular weight excluding hydrogens is 260 g/mol. The fourth-order valence-corrected chi connectivity index (χ4v) is 6.65. The van der Waals surface area contributed by atoms with Crippen molar-refractivity contribution in [2.24, 2.45) is 35.5 Å². The van der Waals surface area contributed by atoms with Gasteiger partial charge in [-0.25, -0.2) is 0 Å². The van der Waals surface area contributed by atoms with E-state index in [2.05, 4.69) is 17.1 Å². The first-order valence-electron chi connectivity index (χ1n) is 9.27. The fourth-order valence-electron chi connectivity index (χ4n) is 6.65. The summed E-state index contributed by atoms with van der Waals surface area (Å²) < 4.78 is 0. The predicted octanol–water partition coefficient (Wildman–Crippen LogP) is 2.27. The molecule has 5 saturated carbocycles. The molecule has 6 aliphatic rings. The van der Waals surface area contributed by atoms with E-state index in [4.69, 9.17) is 0 Å². The van der Waals surface area contributed by atoms with Gasteiger partial charge in [0, 0.05) is 12.6 Å². The summed E-state index contributed by atoms with van der Waals surface area (Å²) in [6.45, 7) is 4.40. The van der Waals surface area contributed by atoms with Crippen LogP contribution >= 0.6 is 0 Å². The molecule has 6 fully saturated rings. The van der Waals surface area contributed by atoms with Gasteiger partial charge >= 0.3 is 0 Å². The third kappa shape index (κ3) is 1.92. The average molecular weight is 288 g/mol. The van der Waals surface area contributed by atoms with E-state index >= 15 is 0 Å². The number of likely N-dealkylation sites (tertiary alicyclic amines) is 1. The summed E-state index contributed by atoms with van der Waals surface area (Å²) in [7, 11) is 0. The van der Waals surface area contributed by atoms with Gasteiger partial charge in [0.15, 0.2) is 0 Å². The number of carbonyl (C=O) groups excluding carboxylic acids is 1. The molecule has 0 radical (unpaired) electrons. The first-order valence-corrected chi connectivity index (χ1v) is 9.27. The van der Waals surface area contributed by atoms with E-state index in [1.54, 1.807) is 0 Å². The minimum Gasteiger partial charge on any atom is -0.351 e. The first kappa shape index (κ1) is 12.9. The molecule has 1 N–H and O–H groups in total. The van der Waals surface area contributed by atoms with E-state index < -0.39 is 0 Å². The van der Waals surface area contributed by atoms with Crippen LogP contribution in [0.2, 0.25) is 0 Å². The van der Waals surface area contributed by atoms with Crippen LogP contribution in [-0.2, 0) is 4.79 Å². The third-order valence-corrected chi connectivity index (χ3v) is 7.46. The van der Waals surface area contributed by atoms with Crippen molar-refractivity contribution in [2.75, 3.05) is 13.1 Å². The summed E-state index contributed by atoms with van der Waals surface area (Å²) in [6, 6.07) is 0.721. The van der Waals surface area contributed by atoms with E-state index in [0.717, 1.165) is 36.1 Å². The smallest absolute Gasteiger partial charge is 0.237 e. The van der Waals surface area contributed by atoms with Crippen LogP contribution in [0.4, 0.5) is 0 Å². The summed E-state index contributed by atoms with van der Waals surface area (Å²) >= 11 is 0. The highest BCUT2D eigenvalue weighted by atomic mass is 16.2. The van der Waals surface area contributed by atoms with Gasteiger partial charge in [-0.3, -0.25) is 9.69 Å². The number of fused-ring (bicyclic) bond motifs is 1. The maximum absolute atomic E-state index is 12.9. The predicted molar refractivity (Wildman–Crippen MR) is 81.6 cm³/mol. The standard InChI is InChI=1S/C18H28N2O/c1-2-20-9-14-8-15(14)17(20)18(21)19-16-12-4-10-3-11(6-12)7-13(16)5-10/h10-17H,2-9H2,1H3,(H,19,21)/t10?,11?,12?,13?,14-,15-,16?,17+/m0/s1. The summed E-state index contributed by atoms with van der Waals surface area (Å²) in [5.74, 6) is 5.48. The van der Waals surface area contributed by atoms with Crippen LogP contribution in [0.25, 0.3) is 0 Å². The lowest BCUT2D eigenvalue weighted by Crippen LogP contribution is -2.58. The topological polar surface area (TPSA) is 32.3 Å². The van der Waals surface area contributed by atoms with Crippen molar-refractivity contribution in [2.45, 2.75) is 57.5 Å². The van der Waals surface area contributed by atoms with Crippen LogP contribution in [0.1, 0.15) is 45.4 Å². The molecule has 1 aliphatic heterocycles. The zero-order valence-electron chi connectivity index (χ0n) is 13.1. The lowest BCUT2D eigenvalue weighted by Gasteiger charge is -2.54. The lowest BCUT2D eigenvalue weighted by molar-refractivity contribution is -0.130. The van der Waals surface area contributed by atoms with Gasteiger partial charge in [0.05, 0.1) is 6.04 Å². The van der Waals surface area contributed by atoms with E-state index in [-0.39, 0.29) is 6.04 Å². The van der Waals surface area contributed by atoms with Crippen LogP contribution < -0.4 is 5.32 Å². The molecule has 0 aromatic heterocycles. The second-order valence-electron chi connectivity index (χ2n) is 8.66. The molecule has 1 saturated heterocycles. The van der Waals surface area contributed by atoms with Gasteiger partial charge in [0.25, 0.3) is 0 Å². The van der Waals surface area contributed by atoms with Gasteiger partial charge in [-0.05, 0) is 80.6 Å². The number of hydrogen-bond acceptors (Lipinski definition) is 2. The Bertz CT molecular complexity index is 434. The average Bonchev–Trinajstić information content (AvgIpc) is 3.12. The third-order valence-electron chi connectivity index (χ3n) is 7.46. The fraction of sp³-hybridized carbons (Fsp3) is 0.944. The number of likely N-dealkylation sites (N-methyl/N-ethyl adjacent to an activating group) is 1. The summed E-state index contributed by atoms with van der Waals surface area (Å²) in [6.07, 6.45) is 8.37. The Balaban J connectivity index is 1.30. The Hall–Kier alpha value is -0.570. The molecule has 1 amide bonds. The number of carbonyl (C=O) groups is 1. The monoisotopic (exact) mass is 288 g/mol. The quantitative estimate of drug-likeness (QED) is 0.864. The van der Waals surface area contributed by atoms with Crippen LogP contribution in [0.15, 0.2) is 0 Å². The molecule has 3 atom stereocenters. The largest absolute Gasteiger partial charge is 0.351 e. The molecule has 21 heavy (non-hydrogen) atoms. The molecule has 0 aromatic carbocycles. The summed E-state index contributed by atoms with van der Waals surface area (Å²) in [5.41, 5.74) is 0. The molecule has 6 rings (SSSR count). The van der Waals surface area contributed by atoms with Gasteiger partial charge in [0.2, 0.25) is 5.91 Å². The van der Waals surface area contributed by atoms with E-state index in [1.165, 1.54) is 45.1 Å². The highest BCUT2D eigenvalue weighted by Crippen LogP contribution is 2.54. The number of amides is 1. The van der Waals surface area contributed by atoms with Gasteiger partial charge in [-0.15, -0.1) is 0 Å². The summed E-state index contributed by atoms with van der Waals surface area (Å²) in [5, 5.41) is 3.54. The number of piperidine rings is 1. The van der Waals surface area contributed by atoms with E-state index in [0.29, 0.717) is 17.9 Å². The molecule has 3 nitrogen and oxygen atoms in total. The minimum absolute atomic E-state index is 0.206. The van der Waals surface area contributed by atoms with Gasteiger partial charge in [-0.1, -0.05) is 6.92 Å². The van der Waals surface area contributed by atoms with E-state index in [1.807, 2.05) is 0 Å². The molecule has 116 valence electrons. The van der Waals surface area contributed by atoms with Crippen LogP contribution in [0.3, 0.4) is 0 Å². The van der Waals surface area contributed by atoms with Crippen molar-refractivity contribution in [3.63, 3.8) is 0 Å². The molecule has 0 spiro atoms. The minimum atomic E-state index is 0.206. The van der Waals surface area contributed by atoms with Crippen molar-refractivity contribution in [3.8, 4) is 0 Å². The van der Waals surface area contributed by atoms with Gasteiger partial charge in [0.1, 0.15) is 0 Å². The van der Waals surface area contributed by atoms with Crippen molar-refractivity contribution in [3.05, 3.63) is 0 Å². The van der Waals surface area contributed by atoms with Crippen molar-refractivity contribution in [1.29, 1.82) is 0 Å². The Morgan fingerprint density at radius 2 is 1.67 bits per heavy atom. The van der Waals surface area contributed by atoms with Crippen LogP contribution in [0, 0.1) is 35.5 Å². The Labute approximate surface area is 127 Å². The molecule has 3 heteroatoms. The zero-order valence-corrected chi connectivity index (χ0v) is 13.1. The molecular formula is C18H28N2O. The molecule has 0 unspecified atom stereocenters. The number of rotatable bonds is 3. The van der Waals surface area contributed by atoms with Crippen LogP contribution in [-0.4, -0.2) is 36.0 Å².